The Morgan fingerprint density at radius 1 is 1.56 bits per heavy atom. The summed E-state index contributed by atoms with van der Waals surface area (Å²) in [5, 5.41) is 14.0. The van der Waals surface area contributed by atoms with Gasteiger partial charge in [0.15, 0.2) is 5.69 Å². The summed E-state index contributed by atoms with van der Waals surface area (Å²) in [6.07, 6.45) is 2.56. The Kier molecular flexibility index (Phi) is 6.84. The number of nitrogens with two attached hydrogens (primary N) is 1. The second-order valence-corrected chi connectivity index (χ2v) is 6.13. The van der Waals surface area contributed by atoms with Crippen molar-refractivity contribution in [2.24, 2.45) is 5.73 Å². The fourth-order valence-electron chi connectivity index (χ4n) is 1.05. The highest BCUT2D eigenvalue weighted by molar-refractivity contribution is 8.76. The number of hydrogen-bond acceptors (Lipinski definition) is 6. The first-order chi connectivity index (χ1) is 8.65. The molecule has 1 rings (SSSR count). The first-order valence-electron chi connectivity index (χ1n) is 5.43. The third-order valence-corrected chi connectivity index (χ3v) is 4.41. The molecule has 0 aromatic carbocycles. The van der Waals surface area contributed by atoms with Crippen molar-refractivity contribution in [3.63, 3.8) is 0 Å². The van der Waals surface area contributed by atoms with E-state index in [0.29, 0.717) is 23.5 Å². The zero-order valence-corrected chi connectivity index (χ0v) is 11.7. The quantitative estimate of drug-likeness (QED) is 0.320. The summed E-state index contributed by atoms with van der Waals surface area (Å²) in [6.45, 7) is 2.82. The van der Waals surface area contributed by atoms with Crippen LogP contribution < -0.4 is 15.8 Å². The summed E-state index contributed by atoms with van der Waals surface area (Å²) in [5.41, 5.74) is 5.94. The van der Waals surface area contributed by atoms with Crippen molar-refractivity contribution >= 4 is 27.5 Å². The second kappa shape index (κ2) is 8.17. The highest BCUT2D eigenvalue weighted by Crippen LogP contribution is 2.18. The molecular weight excluding hydrogens is 272 g/mol. The first-order valence-corrected chi connectivity index (χ1v) is 7.92. The molecule has 1 aromatic heterocycles. The summed E-state index contributed by atoms with van der Waals surface area (Å²) in [7, 11) is 3.33. The molecule has 1 heterocycles. The molecule has 0 aliphatic heterocycles. The predicted molar refractivity (Wildman–Crippen MR) is 74.2 cm³/mol. The third-order valence-electron chi connectivity index (χ3n) is 1.97. The smallest absolute Gasteiger partial charge is 0.276 e. The minimum Gasteiger partial charge on any atom is -0.618 e. The maximum atomic E-state index is 11.6. The monoisotopic (exact) mass is 288 g/mol. The van der Waals surface area contributed by atoms with Crippen LogP contribution in [0.5, 0.6) is 0 Å². The van der Waals surface area contributed by atoms with E-state index in [1.165, 1.54) is 12.4 Å². The standard InChI is InChI=1S/C10H16N4O2S2/c1-8-6-13-9(7-14(8)16)10(15)12-3-5-18-17-4-2-11/h6-7H,2-5,11H2,1H3,(H,12,15). The number of carbonyl (C=O) groups excluding carboxylic acids is 1. The lowest BCUT2D eigenvalue weighted by atomic mass is 10.4. The highest BCUT2D eigenvalue weighted by Gasteiger charge is 2.11. The zero-order chi connectivity index (χ0) is 13.4. The van der Waals surface area contributed by atoms with Gasteiger partial charge in [-0.2, -0.15) is 4.73 Å². The van der Waals surface area contributed by atoms with E-state index in [4.69, 9.17) is 5.73 Å². The number of carbonyl (C=O) groups is 1. The fourth-order valence-corrected chi connectivity index (χ4v) is 2.81. The SMILES string of the molecule is Cc1cnc(C(=O)NCCSSCCN)c[n+]1[O-]. The van der Waals surface area contributed by atoms with Crippen molar-refractivity contribution in [3.8, 4) is 0 Å². The highest BCUT2D eigenvalue weighted by atomic mass is 33.1. The van der Waals surface area contributed by atoms with Crippen LogP contribution in [0.15, 0.2) is 12.4 Å². The molecule has 0 unspecified atom stereocenters. The van der Waals surface area contributed by atoms with E-state index in [1.807, 2.05) is 0 Å². The number of rotatable bonds is 7. The zero-order valence-electron chi connectivity index (χ0n) is 10.1. The average Bonchev–Trinajstić information content (AvgIpc) is 2.36. The van der Waals surface area contributed by atoms with E-state index in [-0.39, 0.29) is 11.6 Å². The van der Waals surface area contributed by atoms with Crippen LogP contribution in [-0.2, 0) is 0 Å². The normalized spacial score (nSPS) is 10.3. The van der Waals surface area contributed by atoms with Crippen LogP contribution in [0.2, 0.25) is 0 Å². The number of hydrogen-bond donors (Lipinski definition) is 2. The molecule has 3 N–H and O–H groups in total. The molecule has 1 amide bonds. The summed E-state index contributed by atoms with van der Waals surface area (Å²) in [6, 6.07) is 0. The summed E-state index contributed by atoms with van der Waals surface area (Å²) >= 11 is 0. The van der Waals surface area contributed by atoms with Gasteiger partial charge >= 0.3 is 0 Å². The van der Waals surface area contributed by atoms with Gasteiger partial charge < -0.3 is 16.3 Å². The van der Waals surface area contributed by atoms with Crippen LogP contribution >= 0.6 is 21.6 Å². The van der Waals surface area contributed by atoms with Gasteiger partial charge in [-0.05, 0) is 0 Å². The molecular formula is C10H16N4O2S2. The van der Waals surface area contributed by atoms with E-state index < -0.39 is 0 Å². The van der Waals surface area contributed by atoms with E-state index in [1.54, 1.807) is 28.5 Å². The molecule has 1 aromatic rings. The average molecular weight is 288 g/mol. The Balaban J connectivity index is 2.30. The Morgan fingerprint density at radius 2 is 2.28 bits per heavy atom. The minimum atomic E-state index is -0.330. The maximum absolute atomic E-state index is 11.6. The van der Waals surface area contributed by atoms with Gasteiger partial charge in [-0.3, -0.25) is 4.79 Å². The van der Waals surface area contributed by atoms with Gasteiger partial charge in [-0.15, -0.1) is 0 Å². The summed E-state index contributed by atoms with van der Waals surface area (Å²) < 4.78 is 0.633. The van der Waals surface area contributed by atoms with Gasteiger partial charge in [0.05, 0.1) is 6.20 Å². The minimum absolute atomic E-state index is 0.134. The van der Waals surface area contributed by atoms with Crippen LogP contribution in [0.25, 0.3) is 0 Å². The maximum Gasteiger partial charge on any atom is 0.276 e. The molecule has 0 aliphatic carbocycles. The molecule has 0 saturated carbocycles. The topological polar surface area (TPSA) is 95.0 Å². The molecule has 18 heavy (non-hydrogen) atoms. The third kappa shape index (κ3) is 5.11. The molecule has 0 saturated heterocycles. The Bertz CT molecular complexity index is 403. The van der Waals surface area contributed by atoms with E-state index in [0.717, 1.165) is 11.5 Å². The lowest BCUT2D eigenvalue weighted by Gasteiger charge is -2.05. The fraction of sp³-hybridized carbons (Fsp3) is 0.500. The van der Waals surface area contributed by atoms with Crippen molar-refractivity contribution in [3.05, 3.63) is 29.0 Å². The molecule has 0 radical (unpaired) electrons. The summed E-state index contributed by atoms with van der Waals surface area (Å²) in [4.78, 5) is 15.5. The number of nitrogens with zero attached hydrogens (tertiary/aromatic N) is 2. The van der Waals surface area contributed by atoms with Crippen LogP contribution in [0.1, 0.15) is 16.2 Å². The number of amides is 1. The molecule has 8 heteroatoms. The molecule has 0 bridgehead atoms. The van der Waals surface area contributed by atoms with Crippen molar-refractivity contribution in [1.29, 1.82) is 0 Å². The van der Waals surface area contributed by atoms with Gasteiger partial charge in [0, 0.05) is 31.5 Å². The van der Waals surface area contributed by atoms with Crippen molar-refractivity contribution in [2.75, 3.05) is 24.6 Å². The van der Waals surface area contributed by atoms with Gasteiger partial charge in [0.2, 0.25) is 11.9 Å². The van der Waals surface area contributed by atoms with Crippen molar-refractivity contribution < 1.29 is 9.52 Å². The molecule has 0 aliphatic rings. The Morgan fingerprint density at radius 3 is 2.94 bits per heavy atom. The Labute approximate surface area is 114 Å². The van der Waals surface area contributed by atoms with Crippen molar-refractivity contribution in [1.82, 2.24) is 10.3 Å². The van der Waals surface area contributed by atoms with E-state index >= 15 is 0 Å². The Hall–Kier alpha value is -0.990. The van der Waals surface area contributed by atoms with Crippen LogP contribution in [0.3, 0.4) is 0 Å². The molecule has 6 nitrogen and oxygen atoms in total. The molecule has 0 spiro atoms. The van der Waals surface area contributed by atoms with Crippen LogP contribution in [0.4, 0.5) is 0 Å². The largest absolute Gasteiger partial charge is 0.618 e. The second-order valence-electron chi connectivity index (χ2n) is 3.43. The first kappa shape index (κ1) is 15.1. The van der Waals surface area contributed by atoms with E-state index in [9.17, 15) is 10.0 Å². The lowest BCUT2D eigenvalue weighted by molar-refractivity contribution is -0.613. The van der Waals surface area contributed by atoms with Gasteiger partial charge in [0.1, 0.15) is 0 Å². The van der Waals surface area contributed by atoms with Crippen molar-refractivity contribution in [2.45, 2.75) is 6.92 Å². The number of nitrogens with one attached hydrogen (secondary N) is 1. The van der Waals surface area contributed by atoms with Crippen LogP contribution in [-0.4, -0.2) is 35.5 Å². The molecule has 0 fully saturated rings. The predicted octanol–water partition coefficient (Wildman–Crippen LogP) is 0.0933. The number of aryl methyl sites for hydroxylation is 1. The number of aromatic nitrogens is 2. The summed E-state index contributed by atoms with van der Waals surface area (Å²) in [5.74, 6) is 1.36. The molecule has 0 atom stereocenters. The lowest BCUT2D eigenvalue weighted by Crippen LogP contribution is -2.34. The van der Waals surface area contributed by atoms with Gasteiger partial charge in [0.25, 0.3) is 5.91 Å². The molecule has 100 valence electrons. The van der Waals surface area contributed by atoms with Gasteiger partial charge in [-0.25, -0.2) is 4.98 Å². The van der Waals surface area contributed by atoms with Crippen LogP contribution in [0, 0.1) is 12.1 Å². The van der Waals surface area contributed by atoms with Gasteiger partial charge in [-0.1, -0.05) is 21.6 Å². The van der Waals surface area contributed by atoms with E-state index in [2.05, 4.69) is 10.3 Å².